The van der Waals surface area contributed by atoms with Crippen LogP contribution in [0.4, 0.5) is 0 Å². The summed E-state index contributed by atoms with van der Waals surface area (Å²) >= 11 is 0. The van der Waals surface area contributed by atoms with Gasteiger partial charge in [0.25, 0.3) is 0 Å². The highest BCUT2D eigenvalue weighted by molar-refractivity contribution is 14.0. The Morgan fingerprint density at radius 3 is 2.72 bits per heavy atom. The normalized spacial score (nSPS) is 24.0. The van der Waals surface area contributed by atoms with Crippen molar-refractivity contribution in [3.8, 4) is 0 Å². The van der Waals surface area contributed by atoms with Crippen molar-refractivity contribution in [1.29, 1.82) is 0 Å². The van der Waals surface area contributed by atoms with Crippen LogP contribution < -0.4 is 5.73 Å². The Balaban J connectivity index is 0.00000225. The first-order valence-electron chi connectivity index (χ1n) is 9.06. The first-order chi connectivity index (χ1) is 11.6. The van der Waals surface area contributed by atoms with Gasteiger partial charge in [-0.2, -0.15) is 0 Å². The summed E-state index contributed by atoms with van der Waals surface area (Å²) in [6.07, 6.45) is 2.48. The number of nitrogens with zero attached hydrogens (tertiary/aromatic N) is 3. The fourth-order valence-electron chi connectivity index (χ4n) is 3.58. The minimum absolute atomic E-state index is 0. The maximum atomic E-state index is 6.27. The molecule has 25 heavy (non-hydrogen) atoms. The van der Waals surface area contributed by atoms with Gasteiger partial charge in [-0.15, -0.1) is 24.0 Å². The van der Waals surface area contributed by atoms with E-state index < -0.39 is 0 Å². The number of aliphatic imine (C=N–C) groups is 1. The molecule has 0 spiro atoms. The number of ether oxygens (including phenoxy) is 1. The molecule has 2 atom stereocenters. The Bertz CT molecular complexity index is 557. The molecule has 2 unspecified atom stereocenters. The zero-order valence-corrected chi connectivity index (χ0v) is 17.6. The topological polar surface area (TPSA) is 67.2 Å². The molecule has 1 aromatic heterocycles. The zero-order valence-electron chi connectivity index (χ0n) is 15.3. The number of furan rings is 1. The summed E-state index contributed by atoms with van der Waals surface area (Å²) in [6, 6.07) is 4.20. The summed E-state index contributed by atoms with van der Waals surface area (Å²) in [5.41, 5.74) is 6.27. The van der Waals surface area contributed by atoms with Crippen molar-refractivity contribution in [3.05, 3.63) is 23.7 Å². The lowest BCUT2D eigenvalue weighted by molar-refractivity contribution is 0.0135. The Labute approximate surface area is 167 Å². The van der Waals surface area contributed by atoms with E-state index >= 15 is 0 Å². The lowest BCUT2D eigenvalue weighted by atomic mass is 10.0. The first kappa shape index (κ1) is 20.5. The molecule has 0 amide bonds. The quantitative estimate of drug-likeness (QED) is 0.424. The van der Waals surface area contributed by atoms with Gasteiger partial charge in [0.1, 0.15) is 11.5 Å². The van der Waals surface area contributed by atoms with Crippen LogP contribution in [0, 0.1) is 12.8 Å². The highest BCUT2D eigenvalue weighted by Gasteiger charge is 2.25. The molecular formula is C18H31IN4O2. The maximum absolute atomic E-state index is 6.27. The van der Waals surface area contributed by atoms with Crippen molar-refractivity contribution in [3.63, 3.8) is 0 Å². The van der Waals surface area contributed by atoms with Crippen molar-refractivity contribution in [2.45, 2.75) is 32.7 Å². The van der Waals surface area contributed by atoms with E-state index in [9.17, 15) is 0 Å². The largest absolute Gasteiger partial charge is 0.465 e. The molecule has 6 nitrogen and oxygen atoms in total. The molecule has 2 aliphatic heterocycles. The number of aryl methyl sites for hydroxylation is 1. The summed E-state index contributed by atoms with van der Waals surface area (Å²) in [5, 5.41) is 0. The molecule has 2 fully saturated rings. The number of hydrogen-bond acceptors (Lipinski definition) is 4. The predicted octanol–water partition coefficient (Wildman–Crippen LogP) is 2.63. The molecule has 0 saturated carbocycles. The molecule has 0 aliphatic carbocycles. The van der Waals surface area contributed by atoms with Gasteiger partial charge in [0, 0.05) is 26.2 Å². The fraction of sp³-hybridized carbons (Fsp3) is 0.722. The third-order valence-corrected chi connectivity index (χ3v) is 4.98. The van der Waals surface area contributed by atoms with Crippen LogP contribution in [0.2, 0.25) is 0 Å². The summed E-state index contributed by atoms with van der Waals surface area (Å²) in [6.45, 7) is 10.2. The Kier molecular flexibility index (Phi) is 8.02. The van der Waals surface area contributed by atoms with Gasteiger partial charge in [-0.25, -0.2) is 0 Å². The Morgan fingerprint density at radius 1 is 1.32 bits per heavy atom. The van der Waals surface area contributed by atoms with Gasteiger partial charge in [0.15, 0.2) is 5.96 Å². The smallest absolute Gasteiger partial charge is 0.191 e. The fourth-order valence-corrected chi connectivity index (χ4v) is 3.58. The van der Waals surface area contributed by atoms with Gasteiger partial charge in [-0.05, 0) is 37.8 Å². The number of piperidine rings is 1. The number of halogens is 1. The van der Waals surface area contributed by atoms with Crippen LogP contribution in [-0.4, -0.2) is 61.7 Å². The lowest BCUT2D eigenvalue weighted by Crippen LogP contribution is -2.44. The van der Waals surface area contributed by atoms with E-state index in [0.29, 0.717) is 18.4 Å². The summed E-state index contributed by atoms with van der Waals surface area (Å²) in [5.74, 6) is 3.27. The van der Waals surface area contributed by atoms with E-state index in [1.807, 2.05) is 13.0 Å². The third kappa shape index (κ3) is 5.59. The summed E-state index contributed by atoms with van der Waals surface area (Å²) < 4.78 is 11.4. The van der Waals surface area contributed by atoms with E-state index in [1.54, 1.807) is 0 Å². The molecule has 2 N–H and O–H groups in total. The molecule has 2 aliphatic rings. The molecule has 0 bridgehead atoms. The maximum Gasteiger partial charge on any atom is 0.191 e. The molecule has 3 heterocycles. The number of rotatable bonds is 4. The first-order valence-corrected chi connectivity index (χ1v) is 9.06. The monoisotopic (exact) mass is 462 g/mol. The molecule has 7 heteroatoms. The van der Waals surface area contributed by atoms with Gasteiger partial charge in [0.05, 0.1) is 25.8 Å². The zero-order chi connectivity index (χ0) is 16.9. The molecule has 1 aromatic rings. The van der Waals surface area contributed by atoms with Gasteiger partial charge >= 0.3 is 0 Å². The average molecular weight is 462 g/mol. The molecule has 0 radical (unpaired) electrons. The second-order valence-electron chi connectivity index (χ2n) is 7.00. The summed E-state index contributed by atoms with van der Waals surface area (Å²) in [7, 11) is 0. The van der Waals surface area contributed by atoms with Crippen LogP contribution in [0.3, 0.4) is 0 Å². The predicted molar refractivity (Wildman–Crippen MR) is 110 cm³/mol. The molecule has 2 saturated heterocycles. The van der Waals surface area contributed by atoms with Crippen molar-refractivity contribution >= 4 is 29.9 Å². The van der Waals surface area contributed by atoms with E-state index in [-0.39, 0.29) is 30.0 Å². The van der Waals surface area contributed by atoms with Crippen LogP contribution in [0.5, 0.6) is 0 Å². The minimum atomic E-state index is 0. The van der Waals surface area contributed by atoms with Crippen molar-refractivity contribution in [1.82, 2.24) is 9.80 Å². The van der Waals surface area contributed by atoms with E-state index in [1.165, 1.54) is 12.8 Å². The summed E-state index contributed by atoms with van der Waals surface area (Å²) in [4.78, 5) is 9.33. The van der Waals surface area contributed by atoms with Crippen molar-refractivity contribution in [2.75, 3.05) is 45.9 Å². The molecule has 3 rings (SSSR count). The number of hydrogen-bond donors (Lipinski definition) is 1. The number of nitrogens with two attached hydrogens (primary N) is 1. The molecule has 0 aromatic carbocycles. The van der Waals surface area contributed by atoms with Crippen LogP contribution in [0.15, 0.2) is 21.5 Å². The van der Waals surface area contributed by atoms with Gasteiger partial charge < -0.3 is 19.8 Å². The van der Waals surface area contributed by atoms with Crippen LogP contribution >= 0.6 is 24.0 Å². The standard InChI is InChI=1S/C18H30N4O2.HI/c1-14-4-3-7-22(13-14)18(19)20-12-16(17-6-5-15(2)24-17)21-8-10-23-11-9-21;/h5-6,14,16H,3-4,7-13H2,1-2H3,(H2,19,20);1H. The third-order valence-electron chi connectivity index (χ3n) is 4.98. The number of likely N-dealkylation sites (tertiary alicyclic amines) is 1. The average Bonchev–Trinajstić information content (AvgIpc) is 3.02. The highest BCUT2D eigenvalue weighted by atomic mass is 127. The SMILES string of the molecule is Cc1ccc(C(CN=C(N)N2CCCC(C)C2)N2CCOCC2)o1.I. The van der Waals surface area contributed by atoms with E-state index in [4.69, 9.17) is 19.9 Å². The lowest BCUT2D eigenvalue weighted by Gasteiger charge is -2.34. The minimum Gasteiger partial charge on any atom is -0.465 e. The van der Waals surface area contributed by atoms with Gasteiger partial charge in [0.2, 0.25) is 0 Å². The van der Waals surface area contributed by atoms with Crippen LogP contribution in [-0.2, 0) is 4.74 Å². The van der Waals surface area contributed by atoms with Crippen LogP contribution in [0.25, 0.3) is 0 Å². The Morgan fingerprint density at radius 2 is 2.08 bits per heavy atom. The number of guanidine groups is 1. The van der Waals surface area contributed by atoms with E-state index in [2.05, 4.69) is 22.8 Å². The Hall–Kier alpha value is -0.800. The second-order valence-corrected chi connectivity index (χ2v) is 7.00. The second kappa shape index (κ2) is 9.78. The number of morpholine rings is 1. The van der Waals surface area contributed by atoms with Gasteiger partial charge in [-0.1, -0.05) is 6.92 Å². The van der Waals surface area contributed by atoms with E-state index in [0.717, 1.165) is 50.9 Å². The highest BCUT2D eigenvalue weighted by Crippen LogP contribution is 2.24. The van der Waals surface area contributed by atoms with Gasteiger partial charge in [-0.3, -0.25) is 9.89 Å². The molecule has 142 valence electrons. The van der Waals surface area contributed by atoms with Crippen molar-refractivity contribution < 1.29 is 9.15 Å². The van der Waals surface area contributed by atoms with Crippen molar-refractivity contribution in [2.24, 2.45) is 16.6 Å². The van der Waals surface area contributed by atoms with Crippen LogP contribution in [0.1, 0.15) is 37.3 Å². The molecular weight excluding hydrogens is 431 g/mol.